The van der Waals surface area contributed by atoms with Gasteiger partial charge in [-0.1, -0.05) is 169 Å². The number of benzene rings is 1. The Kier molecular flexibility index (Phi) is 24.9. The van der Waals surface area contributed by atoms with Crippen molar-refractivity contribution in [3.8, 4) is 11.5 Å². The van der Waals surface area contributed by atoms with Crippen LogP contribution in [0.3, 0.4) is 0 Å². The molecule has 1 rings (SSSR count). The Hall–Kier alpha value is -2.36. The van der Waals surface area contributed by atoms with Crippen molar-refractivity contribution in [2.45, 2.75) is 185 Å². The van der Waals surface area contributed by atoms with E-state index in [-0.39, 0.29) is 11.5 Å². The number of hydrogen-bond donors (Lipinski definition) is 0. The zero-order chi connectivity index (χ0) is 37.3. The van der Waals surface area contributed by atoms with Crippen LogP contribution < -0.4 is 9.47 Å². The second-order valence-corrected chi connectivity index (χ2v) is 17.0. The predicted molar refractivity (Wildman–Crippen MR) is 215 cm³/mol. The van der Waals surface area contributed by atoms with Gasteiger partial charge in [-0.15, -0.1) is 0 Å². The number of carbonyl (C=O) groups is 2. The quantitative estimate of drug-likeness (QED) is 0.0498. The molecule has 0 aliphatic carbocycles. The summed E-state index contributed by atoms with van der Waals surface area (Å²) >= 11 is 0. The lowest BCUT2D eigenvalue weighted by Gasteiger charge is -2.15. The summed E-state index contributed by atoms with van der Waals surface area (Å²) in [6.45, 7) is 22.7. The van der Waals surface area contributed by atoms with Gasteiger partial charge in [-0.05, 0) is 87.2 Å². The van der Waals surface area contributed by atoms with Crippen molar-refractivity contribution >= 4 is 11.9 Å². The van der Waals surface area contributed by atoms with Crippen LogP contribution in [0.25, 0.3) is 0 Å². The molecule has 0 fully saturated rings. The SMILES string of the molecule is CC(=CC(=O)Oc1ccccc1OC(=O)C=C(C)CCCC(C)CCCC(C)CCCC(C)C)CCCC(C)CCCC(C)CCCC(C)C. The van der Waals surface area contributed by atoms with Crippen molar-refractivity contribution in [3.05, 3.63) is 47.6 Å². The number of para-hydroxylation sites is 2. The minimum absolute atomic E-state index is 0.260. The Morgan fingerprint density at radius 2 is 0.760 bits per heavy atom. The van der Waals surface area contributed by atoms with Crippen LogP contribution >= 0.6 is 0 Å². The summed E-state index contributed by atoms with van der Waals surface area (Å²) in [5, 5.41) is 0. The maximum Gasteiger partial charge on any atom is 0.336 e. The number of esters is 2. The van der Waals surface area contributed by atoms with Gasteiger partial charge in [-0.3, -0.25) is 0 Å². The Morgan fingerprint density at radius 3 is 1.06 bits per heavy atom. The van der Waals surface area contributed by atoms with E-state index in [0.29, 0.717) is 11.8 Å². The van der Waals surface area contributed by atoms with Crippen LogP contribution in [0, 0.1) is 35.5 Å². The Balaban J connectivity index is 2.39. The van der Waals surface area contributed by atoms with Crippen LogP contribution in [0.2, 0.25) is 0 Å². The van der Waals surface area contributed by atoms with Crippen molar-refractivity contribution < 1.29 is 19.1 Å². The molecule has 4 atom stereocenters. The number of rotatable bonds is 28. The van der Waals surface area contributed by atoms with Crippen molar-refractivity contribution in [1.82, 2.24) is 0 Å². The fourth-order valence-corrected chi connectivity index (χ4v) is 6.86. The van der Waals surface area contributed by atoms with Crippen LogP contribution in [-0.4, -0.2) is 11.9 Å². The molecule has 1 aromatic rings. The molecule has 1 aromatic carbocycles. The molecular weight excluding hydrogens is 617 g/mol. The van der Waals surface area contributed by atoms with E-state index in [2.05, 4.69) is 55.4 Å². The van der Waals surface area contributed by atoms with E-state index >= 15 is 0 Å². The third-order valence-corrected chi connectivity index (χ3v) is 10.3. The smallest absolute Gasteiger partial charge is 0.336 e. The summed E-state index contributed by atoms with van der Waals surface area (Å²) in [5.41, 5.74) is 2.02. The average Bonchev–Trinajstić information content (AvgIpc) is 3.01. The first kappa shape index (κ1) is 45.7. The molecule has 0 saturated carbocycles. The molecule has 286 valence electrons. The molecule has 0 aromatic heterocycles. The van der Waals surface area contributed by atoms with Gasteiger partial charge in [-0.25, -0.2) is 9.59 Å². The first-order valence-corrected chi connectivity index (χ1v) is 20.6. The highest BCUT2D eigenvalue weighted by atomic mass is 16.6. The lowest BCUT2D eigenvalue weighted by molar-refractivity contribution is -0.131. The van der Waals surface area contributed by atoms with E-state index in [0.717, 1.165) is 60.5 Å². The molecule has 4 heteroatoms. The molecule has 4 nitrogen and oxygen atoms in total. The van der Waals surface area contributed by atoms with E-state index in [4.69, 9.17) is 9.47 Å². The van der Waals surface area contributed by atoms with Gasteiger partial charge in [0.05, 0.1) is 0 Å². The summed E-state index contributed by atoms with van der Waals surface area (Å²) in [4.78, 5) is 25.5. The molecule has 0 N–H and O–H groups in total. The highest BCUT2D eigenvalue weighted by molar-refractivity contribution is 5.87. The van der Waals surface area contributed by atoms with Gasteiger partial charge in [0.2, 0.25) is 0 Å². The minimum atomic E-state index is -0.438. The second-order valence-electron chi connectivity index (χ2n) is 17.0. The topological polar surface area (TPSA) is 52.6 Å². The first-order chi connectivity index (χ1) is 23.7. The second kappa shape index (κ2) is 27.3. The lowest BCUT2D eigenvalue weighted by atomic mass is 9.91. The van der Waals surface area contributed by atoms with E-state index in [1.165, 1.54) is 89.9 Å². The Morgan fingerprint density at radius 1 is 0.480 bits per heavy atom. The standard InChI is InChI=1S/C46H78O4/c1-35(2)19-13-21-37(5)23-15-25-39(7)27-17-29-41(9)33-45(47)49-43-31-11-12-32-44(43)50-46(48)34-42(10)30-18-28-40(8)26-16-24-38(6)22-14-20-36(3)4/h11-12,31-40H,13-30H2,1-10H3. The van der Waals surface area contributed by atoms with E-state index in [1.807, 2.05) is 13.8 Å². The van der Waals surface area contributed by atoms with Crippen LogP contribution in [0.1, 0.15) is 185 Å². The number of allylic oxidation sites excluding steroid dienone is 2. The van der Waals surface area contributed by atoms with Crippen LogP contribution in [0.15, 0.2) is 47.6 Å². The van der Waals surface area contributed by atoms with Crippen molar-refractivity contribution in [1.29, 1.82) is 0 Å². The molecule has 0 spiro atoms. The van der Waals surface area contributed by atoms with Gasteiger partial charge >= 0.3 is 11.9 Å². The molecule has 4 unspecified atom stereocenters. The van der Waals surface area contributed by atoms with E-state index < -0.39 is 11.9 Å². The fourth-order valence-electron chi connectivity index (χ4n) is 6.86. The Bertz CT molecular complexity index is 1030. The van der Waals surface area contributed by atoms with Crippen molar-refractivity contribution in [3.63, 3.8) is 0 Å². The average molecular weight is 695 g/mol. The number of hydrogen-bond acceptors (Lipinski definition) is 4. The zero-order valence-corrected chi connectivity index (χ0v) is 34.3. The molecule has 0 bridgehead atoms. The largest absolute Gasteiger partial charge is 0.419 e. The summed E-state index contributed by atoms with van der Waals surface area (Å²) < 4.78 is 11.2. The van der Waals surface area contributed by atoms with Gasteiger partial charge in [0.15, 0.2) is 11.5 Å². The molecule has 0 aliphatic heterocycles. The van der Waals surface area contributed by atoms with E-state index in [1.54, 1.807) is 36.4 Å². The minimum Gasteiger partial charge on any atom is -0.419 e. The van der Waals surface area contributed by atoms with Crippen molar-refractivity contribution in [2.24, 2.45) is 35.5 Å². The van der Waals surface area contributed by atoms with Gasteiger partial charge in [-0.2, -0.15) is 0 Å². The predicted octanol–water partition coefficient (Wildman–Crippen LogP) is 14.3. The normalized spacial score (nSPS) is 14.9. The van der Waals surface area contributed by atoms with Gasteiger partial charge in [0, 0.05) is 12.2 Å². The van der Waals surface area contributed by atoms with Gasteiger partial charge < -0.3 is 9.47 Å². The molecule has 0 saturated heterocycles. The van der Waals surface area contributed by atoms with Crippen LogP contribution in [0.5, 0.6) is 11.5 Å². The monoisotopic (exact) mass is 695 g/mol. The van der Waals surface area contributed by atoms with Crippen LogP contribution in [-0.2, 0) is 9.59 Å². The van der Waals surface area contributed by atoms with E-state index in [9.17, 15) is 9.59 Å². The van der Waals surface area contributed by atoms with Gasteiger partial charge in [0.1, 0.15) is 0 Å². The van der Waals surface area contributed by atoms with Crippen molar-refractivity contribution in [2.75, 3.05) is 0 Å². The summed E-state index contributed by atoms with van der Waals surface area (Å²) in [5.74, 6) is 4.33. The number of ether oxygens (including phenoxy) is 2. The third-order valence-electron chi connectivity index (χ3n) is 10.3. The first-order valence-electron chi connectivity index (χ1n) is 20.6. The maximum atomic E-state index is 12.7. The zero-order valence-electron chi connectivity index (χ0n) is 34.3. The highest BCUT2D eigenvalue weighted by Gasteiger charge is 2.13. The summed E-state index contributed by atoms with van der Waals surface area (Å²) in [6.07, 6.45) is 25.3. The molecular formula is C46H78O4. The molecule has 0 amide bonds. The summed E-state index contributed by atoms with van der Waals surface area (Å²) in [6, 6.07) is 6.89. The van der Waals surface area contributed by atoms with Gasteiger partial charge in [0.25, 0.3) is 0 Å². The molecule has 0 aliphatic rings. The molecule has 0 heterocycles. The summed E-state index contributed by atoms with van der Waals surface area (Å²) in [7, 11) is 0. The third kappa shape index (κ3) is 24.7. The molecule has 0 radical (unpaired) electrons. The Labute approximate surface area is 309 Å². The highest BCUT2D eigenvalue weighted by Crippen LogP contribution is 2.28. The van der Waals surface area contributed by atoms with Crippen LogP contribution in [0.4, 0.5) is 0 Å². The maximum absolute atomic E-state index is 12.7. The molecule has 50 heavy (non-hydrogen) atoms. The lowest BCUT2D eigenvalue weighted by Crippen LogP contribution is -2.10. The fraction of sp³-hybridized carbons (Fsp3) is 0.739. The number of carbonyl (C=O) groups excluding carboxylic acids is 2.